The zero-order valence-electron chi connectivity index (χ0n) is 20.5. The molecule has 3 aliphatic rings. The molecule has 0 aromatic heterocycles. The van der Waals surface area contributed by atoms with Crippen molar-refractivity contribution in [3.8, 4) is 11.1 Å². The van der Waals surface area contributed by atoms with E-state index in [1.807, 2.05) is 43.3 Å². The first-order valence-electron chi connectivity index (χ1n) is 13.0. The second-order valence-electron chi connectivity index (χ2n) is 10.3. The number of hydrogen-bond acceptors (Lipinski definition) is 3. The van der Waals surface area contributed by atoms with Crippen LogP contribution in [0.1, 0.15) is 47.9 Å². The van der Waals surface area contributed by atoms with E-state index >= 15 is 0 Å². The molecule has 0 saturated heterocycles. The predicted molar refractivity (Wildman–Crippen MR) is 138 cm³/mol. The summed E-state index contributed by atoms with van der Waals surface area (Å²) in [6, 6.07) is 24.7. The lowest BCUT2D eigenvalue weighted by Crippen LogP contribution is -2.63. The number of hydrogen-bond donors (Lipinski definition) is 1. The summed E-state index contributed by atoms with van der Waals surface area (Å²) >= 11 is 0. The van der Waals surface area contributed by atoms with E-state index < -0.39 is 17.6 Å². The molecule has 0 heterocycles. The Labute approximate surface area is 211 Å². The molecule has 2 atom stereocenters. The van der Waals surface area contributed by atoms with Gasteiger partial charge in [0.05, 0.1) is 0 Å². The van der Waals surface area contributed by atoms with Gasteiger partial charge in [0.25, 0.3) is 0 Å². The molecule has 1 amide bonds. The van der Waals surface area contributed by atoms with Crippen molar-refractivity contribution in [2.45, 2.75) is 44.1 Å². The van der Waals surface area contributed by atoms with Gasteiger partial charge in [-0.05, 0) is 77.8 Å². The highest BCUT2D eigenvalue weighted by atomic mass is 16.6. The standard InChI is InChI=1S/C31H31NO4/c1-2-32(31(29(33)34)22-15-16-23(31)18-21-10-4-3-9-20(21)17-22)30(35)36-19-28-26-13-7-5-11-24(26)25-12-6-8-14-27(25)28/h3-14,22-23,28H,2,15-19H2,1H3,(H,33,34). The minimum atomic E-state index is -1.25. The summed E-state index contributed by atoms with van der Waals surface area (Å²) in [5.74, 6) is -1.23. The highest BCUT2D eigenvalue weighted by Gasteiger charge is 2.61. The maximum absolute atomic E-state index is 13.7. The number of nitrogens with zero attached hydrogens (tertiary/aromatic N) is 1. The molecule has 3 aliphatic carbocycles. The number of aliphatic carboxylic acids is 1. The molecule has 0 aliphatic heterocycles. The number of likely N-dealkylation sites (N-methyl/N-ethyl adjacent to an activating group) is 1. The van der Waals surface area contributed by atoms with E-state index in [4.69, 9.17) is 4.74 Å². The summed E-state index contributed by atoms with van der Waals surface area (Å²) in [6.45, 7) is 2.35. The van der Waals surface area contributed by atoms with E-state index in [0.29, 0.717) is 19.4 Å². The van der Waals surface area contributed by atoms with Gasteiger partial charge in [-0.15, -0.1) is 0 Å². The van der Waals surface area contributed by atoms with Gasteiger partial charge in [0.2, 0.25) is 0 Å². The molecule has 1 fully saturated rings. The Morgan fingerprint density at radius 3 is 1.86 bits per heavy atom. The smallest absolute Gasteiger partial charge is 0.410 e. The fourth-order valence-electron chi connectivity index (χ4n) is 7.30. The summed E-state index contributed by atoms with van der Waals surface area (Å²) in [7, 11) is 0. The van der Waals surface area contributed by atoms with Crippen LogP contribution in [-0.4, -0.2) is 40.8 Å². The molecule has 0 radical (unpaired) electrons. The van der Waals surface area contributed by atoms with E-state index in [-0.39, 0.29) is 24.4 Å². The van der Waals surface area contributed by atoms with Crippen molar-refractivity contribution in [1.82, 2.24) is 4.90 Å². The topological polar surface area (TPSA) is 66.8 Å². The van der Waals surface area contributed by atoms with Crippen molar-refractivity contribution in [1.29, 1.82) is 0 Å². The van der Waals surface area contributed by atoms with Crippen LogP contribution in [0.3, 0.4) is 0 Å². The van der Waals surface area contributed by atoms with Crippen LogP contribution in [0, 0.1) is 11.8 Å². The van der Waals surface area contributed by atoms with Crippen molar-refractivity contribution < 1.29 is 19.4 Å². The van der Waals surface area contributed by atoms with Gasteiger partial charge in [0.1, 0.15) is 12.1 Å². The maximum Gasteiger partial charge on any atom is 0.410 e. The lowest BCUT2D eigenvalue weighted by molar-refractivity contribution is -0.156. The van der Waals surface area contributed by atoms with Crippen LogP contribution in [-0.2, 0) is 22.4 Å². The average Bonchev–Trinajstić information content (AvgIpc) is 3.35. The summed E-state index contributed by atoms with van der Waals surface area (Å²) in [6.07, 6.45) is 2.43. The molecular formula is C31H31NO4. The van der Waals surface area contributed by atoms with E-state index in [1.165, 1.54) is 27.2 Å². The second kappa shape index (κ2) is 8.81. The molecule has 36 heavy (non-hydrogen) atoms. The normalized spacial score (nSPS) is 23.8. The average molecular weight is 482 g/mol. The first-order chi connectivity index (χ1) is 17.6. The van der Waals surface area contributed by atoms with Crippen molar-refractivity contribution in [3.05, 3.63) is 95.1 Å². The quantitative estimate of drug-likeness (QED) is 0.492. The van der Waals surface area contributed by atoms with Crippen LogP contribution in [0.15, 0.2) is 72.8 Å². The summed E-state index contributed by atoms with van der Waals surface area (Å²) in [5.41, 5.74) is 5.79. The molecule has 2 bridgehead atoms. The highest BCUT2D eigenvalue weighted by Crippen LogP contribution is 2.51. The maximum atomic E-state index is 13.7. The van der Waals surface area contributed by atoms with Crippen molar-refractivity contribution in [2.24, 2.45) is 11.8 Å². The molecule has 3 aromatic carbocycles. The van der Waals surface area contributed by atoms with Crippen molar-refractivity contribution in [2.75, 3.05) is 13.2 Å². The van der Waals surface area contributed by atoms with Gasteiger partial charge in [0, 0.05) is 12.5 Å². The minimum Gasteiger partial charge on any atom is -0.479 e. The largest absolute Gasteiger partial charge is 0.479 e. The van der Waals surface area contributed by atoms with E-state index in [2.05, 4.69) is 36.4 Å². The fraction of sp³-hybridized carbons (Fsp3) is 0.355. The third kappa shape index (κ3) is 3.29. The van der Waals surface area contributed by atoms with Gasteiger partial charge in [0.15, 0.2) is 0 Å². The van der Waals surface area contributed by atoms with Crippen LogP contribution < -0.4 is 0 Å². The number of rotatable bonds is 5. The van der Waals surface area contributed by atoms with Gasteiger partial charge in [-0.3, -0.25) is 4.90 Å². The molecule has 0 spiro atoms. The van der Waals surface area contributed by atoms with Gasteiger partial charge in [-0.1, -0.05) is 72.8 Å². The number of ether oxygens (including phenoxy) is 1. The van der Waals surface area contributed by atoms with Gasteiger partial charge >= 0.3 is 12.1 Å². The Balaban J connectivity index is 1.30. The van der Waals surface area contributed by atoms with E-state index in [1.54, 1.807) is 0 Å². The van der Waals surface area contributed by atoms with Crippen molar-refractivity contribution >= 4 is 12.1 Å². The Kier molecular flexibility index (Phi) is 5.59. The second-order valence-corrected chi connectivity index (χ2v) is 10.3. The summed E-state index contributed by atoms with van der Waals surface area (Å²) < 4.78 is 5.99. The molecule has 1 N–H and O–H groups in total. The monoisotopic (exact) mass is 481 g/mol. The number of benzene rings is 3. The molecule has 6 rings (SSSR count). The number of carboxylic acids is 1. The number of fused-ring (bicyclic) bond motifs is 6. The Morgan fingerprint density at radius 1 is 0.861 bits per heavy atom. The molecule has 3 aromatic rings. The number of carbonyl (C=O) groups is 2. The SMILES string of the molecule is CCN(C(=O)OCC1c2ccccc2-c2ccccc21)C1(C(=O)O)C2CCC1Cc1ccccc1C2. The minimum absolute atomic E-state index is 0.0593. The van der Waals surface area contributed by atoms with Crippen molar-refractivity contribution in [3.63, 3.8) is 0 Å². The van der Waals surface area contributed by atoms with Gasteiger partial charge in [-0.25, -0.2) is 9.59 Å². The fourth-order valence-corrected chi connectivity index (χ4v) is 7.30. The van der Waals surface area contributed by atoms with E-state index in [9.17, 15) is 14.7 Å². The lowest BCUT2D eigenvalue weighted by Gasteiger charge is -2.43. The molecular weight excluding hydrogens is 450 g/mol. The lowest BCUT2D eigenvalue weighted by atomic mass is 9.77. The number of carbonyl (C=O) groups excluding carboxylic acids is 1. The first kappa shape index (κ1) is 22.8. The Hall–Kier alpha value is -3.60. The number of amides is 1. The van der Waals surface area contributed by atoms with Crippen LogP contribution in [0.4, 0.5) is 4.79 Å². The zero-order chi connectivity index (χ0) is 24.9. The van der Waals surface area contributed by atoms with Crippen LogP contribution in [0.2, 0.25) is 0 Å². The van der Waals surface area contributed by atoms with Crippen LogP contribution in [0.5, 0.6) is 0 Å². The molecule has 184 valence electrons. The Bertz CT molecular complexity index is 1250. The highest BCUT2D eigenvalue weighted by molar-refractivity contribution is 5.86. The van der Waals surface area contributed by atoms with Crippen LogP contribution in [0.25, 0.3) is 11.1 Å². The summed E-state index contributed by atoms with van der Waals surface area (Å²) in [4.78, 5) is 28.3. The Morgan fingerprint density at radius 2 is 1.36 bits per heavy atom. The van der Waals surface area contributed by atoms with E-state index in [0.717, 1.165) is 24.0 Å². The van der Waals surface area contributed by atoms with Gasteiger partial charge in [-0.2, -0.15) is 0 Å². The molecule has 1 saturated carbocycles. The number of carboxylic acid groups (broad SMARTS) is 1. The molecule has 5 heteroatoms. The molecule has 2 unspecified atom stereocenters. The first-order valence-corrected chi connectivity index (χ1v) is 13.0. The third-order valence-electron chi connectivity index (χ3n) is 8.82. The predicted octanol–water partition coefficient (Wildman–Crippen LogP) is 5.91. The molecule has 5 nitrogen and oxygen atoms in total. The summed E-state index contributed by atoms with van der Waals surface area (Å²) in [5, 5.41) is 10.7. The third-order valence-corrected chi connectivity index (χ3v) is 8.82. The zero-order valence-corrected chi connectivity index (χ0v) is 20.5. The van der Waals surface area contributed by atoms with Gasteiger partial charge < -0.3 is 9.84 Å². The van der Waals surface area contributed by atoms with Crippen LogP contribution >= 0.6 is 0 Å².